The Labute approximate surface area is 112 Å². The van der Waals surface area contributed by atoms with Gasteiger partial charge in [-0.3, -0.25) is 0 Å². The molecule has 0 saturated carbocycles. The molecule has 1 aromatic carbocycles. The molecule has 0 aliphatic carbocycles. The predicted octanol–water partition coefficient (Wildman–Crippen LogP) is 4.28. The summed E-state index contributed by atoms with van der Waals surface area (Å²) in [5.41, 5.74) is 0.598. The first-order chi connectivity index (χ1) is 8.15. The minimum atomic E-state index is 0.161. The Balaban J connectivity index is 2.54. The number of halogens is 1. The van der Waals surface area contributed by atoms with Crippen molar-refractivity contribution in [2.45, 2.75) is 37.4 Å². The lowest BCUT2D eigenvalue weighted by Gasteiger charge is -2.24. The van der Waals surface area contributed by atoms with Crippen molar-refractivity contribution < 1.29 is 4.74 Å². The lowest BCUT2D eigenvalue weighted by molar-refractivity contribution is 0.286. The molecule has 0 amide bonds. The van der Waals surface area contributed by atoms with Crippen molar-refractivity contribution in [3.63, 3.8) is 0 Å². The van der Waals surface area contributed by atoms with Gasteiger partial charge in [0.1, 0.15) is 11.8 Å². The fourth-order valence-corrected chi connectivity index (χ4v) is 1.79. The van der Waals surface area contributed by atoms with Gasteiger partial charge < -0.3 is 4.74 Å². The zero-order valence-electron chi connectivity index (χ0n) is 10.4. The molecule has 2 nitrogen and oxygen atoms in total. The number of hydrogen-bond acceptors (Lipinski definition) is 2. The van der Waals surface area contributed by atoms with Crippen LogP contribution >= 0.6 is 15.9 Å². The second-order valence-electron chi connectivity index (χ2n) is 4.06. The van der Waals surface area contributed by atoms with Gasteiger partial charge in [-0.1, -0.05) is 41.9 Å². The highest BCUT2D eigenvalue weighted by Crippen LogP contribution is 2.30. The third kappa shape index (κ3) is 4.05. The normalized spacial score (nSPS) is 10.9. The average Bonchev–Trinajstić information content (AvgIpc) is 2.39. The van der Waals surface area contributed by atoms with Crippen LogP contribution in [0.2, 0.25) is 0 Å². The van der Waals surface area contributed by atoms with Crippen LogP contribution in [0.15, 0.2) is 24.3 Å². The van der Waals surface area contributed by atoms with Crippen LogP contribution < -0.4 is 4.74 Å². The molecule has 0 fully saturated rings. The first-order valence-corrected chi connectivity index (χ1v) is 6.75. The van der Waals surface area contributed by atoms with E-state index in [0.29, 0.717) is 17.9 Å². The molecule has 1 aromatic rings. The fourth-order valence-electron chi connectivity index (χ4n) is 1.63. The Kier molecular flexibility index (Phi) is 5.50. The monoisotopic (exact) mass is 295 g/mol. The van der Waals surface area contributed by atoms with Crippen molar-refractivity contribution in [2.24, 2.45) is 0 Å². The third-order valence-electron chi connectivity index (χ3n) is 3.08. The van der Waals surface area contributed by atoms with E-state index >= 15 is 0 Å². The van der Waals surface area contributed by atoms with Gasteiger partial charge in [0.05, 0.1) is 12.2 Å². The number of nitrogens with zero attached hydrogens (tertiary/aromatic N) is 1. The number of ether oxygens (including phenoxy) is 1. The molecule has 92 valence electrons. The Morgan fingerprint density at radius 3 is 2.53 bits per heavy atom. The zero-order valence-corrected chi connectivity index (χ0v) is 12.0. The second-order valence-corrected chi connectivity index (χ2v) is 5.75. The van der Waals surface area contributed by atoms with E-state index in [1.54, 1.807) is 6.07 Å². The van der Waals surface area contributed by atoms with Gasteiger partial charge in [0.2, 0.25) is 0 Å². The molecule has 17 heavy (non-hydrogen) atoms. The van der Waals surface area contributed by atoms with Gasteiger partial charge in [0, 0.05) is 4.32 Å². The number of hydrogen-bond donors (Lipinski definition) is 0. The summed E-state index contributed by atoms with van der Waals surface area (Å²) < 4.78 is 5.84. The zero-order chi connectivity index (χ0) is 12.7. The lowest BCUT2D eigenvalue weighted by Crippen LogP contribution is -2.21. The molecule has 0 N–H and O–H groups in total. The van der Waals surface area contributed by atoms with Crippen LogP contribution in [0.3, 0.4) is 0 Å². The van der Waals surface area contributed by atoms with Crippen LogP contribution in [-0.4, -0.2) is 10.9 Å². The molecule has 0 saturated heterocycles. The highest BCUT2D eigenvalue weighted by atomic mass is 79.9. The molecule has 0 spiro atoms. The second kappa shape index (κ2) is 6.66. The Morgan fingerprint density at radius 2 is 1.94 bits per heavy atom. The molecule has 0 radical (unpaired) electrons. The number of benzene rings is 1. The van der Waals surface area contributed by atoms with Gasteiger partial charge in [-0.05, 0) is 31.4 Å². The van der Waals surface area contributed by atoms with E-state index in [1.807, 2.05) is 18.2 Å². The lowest BCUT2D eigenvalue weighted by atomic mass is 10.00. The average molecular weight is 296 g/mol. The van der Waals surface area contributed by atoms with Crippen LogP contribution in [0.1, 0.15) is 38.7 Å². The molecule has 0 heterocycles. The van der Waals surface area contributed by atoms with Gasteiger partial charge in [0.15, 0.2) is 0 Å². The summed E-state index contributed by atoms with van der Waals surface area (Å²) in [5, 5.41) is 8.93. The molecule has 0 aliphatic heterocycles. The molecule has 3 heteroatoms. The Hall–Kier alpha value is -1.01. The molecule has 0 aromatic heterocycles. The van der Waals surface area contributed by atoms with Crippen molar-refractivity contribution in [3.8, 4) is 11.8 Å². The number of para-hydroxylation sites is 1. The molecule has 1 rings (SSSR count). The number of alkyl halides is 1. The largest absolute Gasteiger partial charge is 0.492 e. The van der Waals surface area contributed by atoms with E-state index in [9.17, 15) is 0 Å². The first kappa shape index (κ1) is 14.1. The van der Waals surface area contributed by atoms with E-state index in [-0.39, 0.29) is 4.32 Å². The maximum absolute atomic E-state index is 8.93. The standard InChI is InChI=1S/C14H18BrNO/c1-3-14(15,4-2)9-10-17-13-8-6-5-7-12(13)11-16/h5-8H,3-4,9-10H2,1-2H3. The van der Waals surface area contributed by atoms with E-state index < -0.39 is 0 Å². The summed E-state index contributed by atoms with van der Waals surface area (Å²) in [5.74, 6) is 0.678. The van der Waals surface area contributed by atoms with E-state index in [4.69, 9.17) is 10.00 Å². The summed E-state index contributed by atoms with van der Waals surface area (Å²) in [4.78, 5) is 0. The van der Waals surface area contributed by atoms with Gasteiger partial charge >= 0.3 is 0 Å². The van der Waals surface area contributed by atoms with Gasteiger partial charge in [-0.15, -0.1) is 0 Å². The van der Waals surface area contributed by atoms with Gasteiger partial charge in [-0.25, -0.2) is 0 Å². The minimum Gasteiger partial charge on any atom is -0.492 e. The maximum atomic E-state index is 8.93. The molecule has 0 unspecified atom stereocenters. The fraction of sp³-hybridized carbons (Fsp3) is 0.500. The topological polar surface area (TPSA) is 33.0 Å². The van der Waals surface area contributed by atoms with Crippen molar-refractivity contribution in [1.82, 2.24) is 0 Å². The number of nitriles is 1. The molecule has 0 bridgehead atoms. The Morgan fingerprint density at radius 1 is 1.29 bits per heavy atom. The highest BCUT2D eigenvalue weighted by molar-refractivity contribution is 9.10. The quantitative estimate of drug-likeness (QED) is 0.734. The summed E-state index contributed by atoms with van der Waals surface area (Å²) >= 11 is 3.75. The molecular weight excluding hydrogens is 278 g/mol. The van der Waals surface area contributed by atoms with Crippen LogP contribution in [0.5, 0.6) is 5.75 Å². The van der Waals surface area contributed by atoms with E-state index in [0.717, 1.165) is 19.3 Å². The third-order valence-corrected chi connectivity index (χ3v) is 4.60. The van der Waals surface area contributed by atoms with Crippen molar-refractivity contribution in [2.75, 3.05) is 6.61 Å². The van der Waals surface area contributed by atoms with Gasteiger partial charge in [0.25, 0.3) is 0 Å². The molecule has 0 atom stereocenters. The first-order valence-electron chi connectivity index (χ1n) is 5.96. The van der Waals surface area contributed by atoms with E-state index in [2.05, 4.69) is 35.8 Å². The highest BCUT2D eigenvalue weighted by Gasteiger charge is 2.21. The van der Waals surface area contributed by atoms with Crippen LogP contribution in [0.4, 0.5) is 0 Å². The maximum Gasteiger partial charge on any atom is 0.137 e. The van der Waals surface area contributed by atoms with Crippen molar-refractivity contribution in [1.29, 1.82) is 5.26 Å². The minimum absolute atomic E-state index is 0.161. The molecular formula is C14H18BrNO. The van der Waals surface area contributed by atoms with Crippen LogP contribution in [0, 0.1) is 11.3 Å². The summed E-state index contributed by atoms with van der Waals surface area (Å²) in [6.07, 6.45) is 3.10. The summed E-state index contributed by atoms with van der Waals surface area (Å²) in [7, 11) is 0. The smallest absolute Gasteiger partial charge is 0.137 e. The SMILES string of the molecule is CCC(Br)(CC)CCOc1ccccc1C#N. The van der Waals surface area contributed by atoms with Gasteiger partial charge in [-0.2, -0.15) is 5.26 Å². The van der Waals surface area contributed by atoms with Crippen LogP contribution in [-0.2, 0) is 0 Å². The van der Waals surface area contributed by atoms with E-state index in [1.165, 1.54) is 0 Å². The summed E-state index contributed by atoms with van der Waals surface area (Å²) in [6, 6.07) is 9.48. The molecule has 0 aliphatic rings. The number of rotatable bonds is 6. The van der Waals surface area contributed by atoms with Crippen molar-refractivity contribution in [3.05, 3.63) is 29.8 Å². The summed E-state index contributed by atoms with van der Waals surface area (Å²) in [6.45, 7) is 4.97. The Bertz CT molecular complexity index is 393. The van der Waals surface area contributed by atoms with Crippen LogP contribution in [0.25, 0.3) is 0 Å². The predicted molar refractivity (Wildman–Crippen MR) is 73.5 cm³/mol. The van der Waals surface area contributed by atoms with Crippen molar-refractivity contribution >= 4 is 15.9 Å².